The second-order valence-electron chi connectivity index (χ2n) is 8.17. The summed E-state index contributed by atoms with van der Waals surface area (Å²) in [5.74, 6) is 1.58. The normalized spacial score (nSPS) is 16.7. The number of thioether (sulfide) groups is 1. The number of amides is 1. The summed E-state index contributed by atoms with van der Waals surface area (Å²) in [7, 11) is 3.07. The van der Waals surface area contributed by atoms with Gasteiger partial charge < -0.3 is 25.1 Å². The van der Waals surface area contributed by atoms with Crippen molar-refractivity contribution in [2.24, 2.45) is 0 Å². The monoisotopic (exact) mass is 489 g/mol. The summed E-state index contributed by atoms with van der Waals surface area (Å²) in [6, 6.07) is 6.34. The van der Waals surface area contributed by atoms with Gasteiger partial charge in [0.05, 0.1) is 16.8 Å². The summed E-state index contributed by atoms with van der Waals surface area (Å²) in [4.78, 5) is 38.6. The second-order valence-corrected chi connectivity index (χ2v) is 9.93. The van der Waals surface area contributed by atoms with Gasteiger partial charge in [0.2, 0.25) is 0 Å². The van der Waals surface area contributed by atoms with Crippen LogP contribution >= 0.6 is 23.4 Å². The summed E-state index contributed by atoms with van der Waals surface area (Å²) < 4.78 is 5.83. The Morgan fingerprint density at radius 1 is 1.21 bits per heavy atom. The molecule has 0 bridgehead atoms. The number of phenols is 1. The predicted octanol–water partition coefficient (Wildman–Crippen LogP) is 4.04. The molecule has 8 nitrogen and oxygen atoms in total. The third-order valence-corrected chi connectivity index (χ3v) is 7.40. The minimum Gasteiger partial charge on any atom is -0.505 e. The van der Waals surface area contributed by atoms with Crippen molar-refractivity contribution in [2.45, 2.75) is 31.1 Å². The van der Waals surface area contributed by atoms with Gasteiger partial charge >= 0.3 is 0 Å². The van der Waals surface area contributed by atoms with Crippen LogP contribution in [0.15, 0.2) is 38.3 Å². The van der Waals surface area contributed by atoms with Crippen LogP contribution < -0.4 is 21.5 Å². The first kappa shape index (κ1) is 23.3. The Hall–Kier alpha value is -2.91. The average molecular weight is 490 g/mol. The molecule has 0 radical (unpaired) electrons. The maximum Gasteiger partial charge on any atom is 0.258 e. The maximum absolute atomic E-state index is 12.5. The van der Waals surface area contributed by atoms with Gasteiger partial charge in [0.25, 0.3) is 16.8 Å². The Kier molecular flexibility index (Phi) is 6.45. The fraction of sp³-hybridized carbons (Fsp3) is 0.348. The van der Waals surface area contributed by atoms with Crippen LogP contribution in [-0.4, -0.2) is 41.0 Å². The fourth-order valence-electron chi connectivity index (χ4n) is 3.87. The van der Waals surface area contributed by atoms with E-state index in [2.05, 4.69) is 10.6 Å². The number of nitrogens with zero attached hydrogens (tertiary/aromatic N) is 1. The standard InChI is InChI=1S/C23H24ClN3O5S/c1-11-6-9-14(32-11)17(15-5-4-10-33-15)26-19-18(21(29)22(19)30)25-13-8-7-12(24)16(20(13)28)23(31)27(2)3/h6-9,15,17,25-26,28H,4-5,10H2,1-3H3/t15-,17?/m0/s1. The highest BCUT2D eigenvalue weighted by Crippen LogP contribution is 2.40. The Bertz CT molecular complexity index is 1270. The Balaban J connectivity index is 1.67. The van der Waals surface area contributed by atoms with Crippen LogP contribution in [0.3, 0.4) is 0 Å². The van der Waals surface area contributed by atoms with E-state index in [9.17, 15) is 19.5 Å². The van der Waals surface area contributed by atoms with E-state index >= 15 is 0 Å². The number of aryl methyl sites for hydroxylation is 1. The van der Waals surface area contributed by atoms with E-state index in [1.807, 2.05) is 19.1 Å². The first-order valence-electron chi connectivity index (χ1n) is 10.5. The number of rotatable bonds is 7. The number of phenolic OH excluding ortho intramolecular Hbond substituents is 1. The van der Waals surface area contributed by atoms with Crippen molar-refractivity contribution in [1.29, 1.82) is 0 Å². The number of halogens is 1. The number of nitrogens with one attached hydrogen (secondary N) is 2. The molecule has 1 aliphatic heterocycles. The van der Waals surface area contributed by atoms with Gasteiger partial charge in [-0.1, -0.05) is 11.6 Å². The largest absolute Gasteiger partial charge is 0.505 e. The molecule has 3 aromatic rings. The van der Waals surface area contributed by atoms with Crippen molar-refractivity contribution in [2.75, 3.05) is 30.5 Å². The summed E-state index contributed by atoms with van der Waals surface area (Å²) in [5, 5.41) is 17.0. The van der Waals surface area contributed by atoms with Crippen LogP contribution in [0, 0.1) is 6.92 Å². The lowest BCUT2D eigenvalue weighted by Crippen LogP contribution is -2.38. The van der Waals surface area contributed by atoms with Gasteiger partial charge in [-0.25, -0.2) is 0 Å². The van der Waals surface area contributed by atoms with Crippen molar-refractivity contribution in [1.82, 2.24) is 4.90 Å². The Labute approximate surface area is 199 Å². The zero-order valence-corrected chi connectivity index (χ0v) is 20.0. The van der Waals surface area contributed by atoms with E-state index in [-0.39, 0.29) is 38.9 Å². The molecular weight excluding hydrogens is 466 g/mol. The van der Waals surface area contributed by atoms with Gasteiger partial charge in [0, 0.05) is 19.3 Å². The molecule has 1 amide bonds. The van der Waals surface area contributed by atoms with Crippen molar-refractivity contribution in [3.05, 3.63) is 66.8 Å². The Morgan fingerprint density at radius 2 is 1.94 bits per heavy atom. The molecular formula is C23H24ClN3O5S. The molecule has 0 saturated carbocycles. The number of hydrogen-bond acceptors (Lipinski definition) is 8. The summed E-state index contributed by atoms with van der Waals surface area (Å²) >= 11 is 7.91. The van der Waals surface area contributed by atoms with Crippen LogP contribution in [0.4, 0.5) is 17.1 Å². The molecule has 4 rings (SSSR count). The molecule has 3 N–H and O–H groups in total. The minimum absolute atomic E-state index is 0.0251. The number of anilines is 3. The first-order valence-corrected chi connectivity index (χ1v) is 11.9. The molecule has 1 fully saturated rings. The van der Waals surface area contributed by atoms with Gasteiger partial charge in [0.15, 0.2) is 5.75 Å². The molecule has 1 unspecified atom stereocenters. The van der Waals surface area contributed by atoms with Gasteiger partial charge in [0.1, 0.15) is 28.5 Å². The lowest BCUT2D eigenvalue weighted by atomic mass is 10.0. The van der Waals surface area contributed by atoms with E-state index in [0.717, 1.165) is 24.4 Å². The number of carbonyl (C=O) groups excluding carboxylic acids is 1. The highest BCUT2D eigenvalue weighted by Gasteiger charge is 2.33. The van der Waals surface area contributed by atoms with Crippen molar-refractivity contribution >= 4 is 46.3 Å². The number of hydrogen-bond donors (Lipinski definition) is 3. The van der Waals surface area contributed by atoms with Crippen LogP contribution in [0.25, 0.3) is 0 Å². The molecule has 10 heteroatoms. The number of benzene rings is 1. The molecule has 1 aliphatic rings. The topological polar surface area (TPSA) is 112 Å². The zero-order valence-electron chi connectivity index (χ0n) is 18.4. The summed E-state index contributed by atoms with van der Waals surface area (Å²) in [5.41, 5.74) is -1.20. The van der Waals surface area contributed by atoms with Gasteiger partial charge in [-0.2, -0.15) is 11.8 Å². The van der Waals surface area contributed by atoms with Crippen LogP contribution in [0.2, 0.25) is 5.02 Å². The van der Waals surface area contributed by atoms with Gasteiger partial charge in [-0.3, -0.25) is 14.4 Å². The molecule has 174 valence electrons. The van der Waals surface area contributed by atoms with Crippen molar-refractivity contribution in [3.63, 3.8) is 0 Å². The fourth-order valence-corrected chi connectivity index (χ4v) is 5.46. The third-order valence-electron chi connectivity index (χ3n) is 5.62. The second kappa shape index (κ2) is 9.15. The van der Waals surface area contributed by atoms with Crippen molar-refractivity contribution in [3.8, 4) is 5.75 Å². The van der Waals surface area contributed by atoms with Gasteiger partial charge in [-0.05, 0) is 49.8 Å². The maximum atomic E-state index is 12.5. The zero-order chi connectivity index (χ0) is 23.9. The number of aromatic hydroxyl groups is 1. The highest BCUT2D eigenvalue weighted by molar-refractivity contribution is 8.00. The van der Waals surface area contributed by atoms with E-state index < -0.39 is 22.5 Å². The molecule has 2 aromatic carbocycles. The lowest BCUT2D eigenvalue weighted by molar-refractivity contribution is 0.0825. The molecule has 2 atom stereocenters. The van der Waals surface area contributed by atoms with E-state index in [4.69, 9.17) is 16.0 Å². The van der Waals surface area contributed by atoms with Crippen molar-refractivity contribution < 1.29 is 14.3 Å². The van der Waals surface area contributed by atoms with Gasteiger partial charge in [-0.15, -0.1) is 0 Å². The lowest BCUT2D eigenvalue weighted by Gasteiger charge is -2.25. The van der Waals surface area contributed by atoms with Crippen LogP contribution in [-0.2, 0) is 0 Å². The minimum atomic E-state index is -0.708. The number of carbonyl (C=O) groups is 1. The molecule has 0 aliphatic carbocycles. The quantitative estimate of drug-likeness (QED) is 0.337. The average Bonchev–Trinajstić information content (AvgIpc) is 3.46. The smallest absolute Gasteiger partial charge is 0.258 e. The predicted molar refractivity (Wildman–Crippen MR) is 131 cm³/mol. The van der Waals surface area contributed by atoms with Crippen LogP contribution in [0.5, 0.6) is 5.75 Å². The first-order chi connectivity index (χ1) is 15.7. The third kappa shape index (κ3) is 4.35. The van der Waals surface area contributed by atoms with Crippen LogP contribution in [0.1, 0.15) is 40.8 Å². The molecule has 2 heterocycles. The SMILES string of the molecule is Cc1ccc(C(Nc2c(Nc3ccc(Cl)c(C(=O)N(C)C)c3O)c(=O)c2=O)[C@@H]2CCCS2)o1. The molecule has 1 aromatic heterocycles. The molecule has 1 saturated heterocycles. The number of furan rings is 1. The highest BCUT2D eigenvalue weighted by atomic mass is 35.5. The molecule has 33 heavy (non-hydrogen) atoms. The van der Waals surface area contributed by atoms with E-state index in [0.29, 0.717) is 5.76 Å². The van der Waals surface area contributed by atoms with E-state index in [1.165, 1.54) is 31.1 Å². The van der Waals surface area contributed by atoms with E-state index in [1.54, 1.807) is 11.8 Å². The Morgan fingerprint density at radius 3 is 2.55 bits per heavy atom. The summed E-state index contributed by atoms with van der Waals surface area (Å²) in [6.45, 7) is 1.85. The summed E-state index contributed by atoms with van der Waals surface area (Å²) in [6.07, 6.45) is 2.01. The molecule has 0 spiro atoms.